The largest absolute Gasteiger partial charge is 0.374 e. The highest BCUT2D eigenvalue weighted by atomic mass is 16.3. The summed E-state index contributed by atoms with van der Waals surface area (Å²) in [6.45, 7) is 18.8. The van der Waals surface area contributed by atoms with Gasteiger partial charge in [0.05, 0.1) is 0 Å². The van der Waals surface area contributed by atoms with Crippen LogP contribution in [0.25, 0.3) is 0 Å². The lowest BCUT2D eigenvalue weighted by molar-refractivity contribution is 0.174. The van der Waals surface area contributed by atoms with Crippen molar-refractivity contribution in [2.24, 2.45) is 10.8 Å². The highest BCUT2D eigenvalue weighted by molar-refractivity contribution is 5.37. The van der Waals surface area contributed by atoms with Crippen LogP contribution in [-0.4, -0.2) is 21.4 Å². The lowest BCUT2D eigenvalue weighted by atomic mass is 9.72. The van der Waals surface area contributed by atoms with E-state index >= 15 is 0 Å². The summed E-state index contributed by atoms with van der Waals surface area (Å²) in [5.41, 5.74) is 5.00. The minimum absolute atomic E-state index is 0.198. The third-order valence-electron chi connectivity index (χ3n) is 7.54. The van der Waals surface area contributed by atoms with Gasteiger partial charge in [-0.15, -0.1) is 12.8 Å². The molecular weight excluding hydrogens is 452 g/mol. The van der Waals surface area contributed by atoms with Crippen LogP contribution in [0.5, 0.6) is 0 Å². The van der Waals surface area contributed by atoms with Gasteiger partial charge in [-0.25, -0.2) is 0 Å². The molecule has 2 aliphatic rings. The quantitative estimate of drug-likeness (QED) is 0.283. The summed E-state index contributed by atoms with van der Waals surface area (Å²) < 4.78 is 0. The number of rotatable bonds is 6. The van der Waals surface area contributed by atoms with E-state index in [0.29, 0.717) is 0 Å². The lowest BCUT2D eigenvalue weighted by Crippen LogP contribution is -2.21. The maximum Gasteiger partial charge on any atom is 0.141 e. The van der Waals surface area contributed by atoms with Gasteiger partial charge in [0.15, 0.2) is 0 Å². The average molecular weight is 503 g/mol. The molecule has 2 unspecified atom stereocenters. The lowest BCUT2D eigenvalue weighted by Gasteiger charge is -2.33. The number of terminal acetylenes is 2. The molecule has 0 aliphatic heterocycles. The van der Waals surface area contributed by atoms with E-state index in [1.807, 2.05) is 18.2 Å². The molecule has 0 saturated heterocycles. The van der Waals surface area contributed by atoms with Crippen LogP contribution in [-0.2, 0) is 0 Å². The van der Waals surface area contributed by atoms with E-state index in [1.165, 1.54) is 54.4 Å². The summed E-state index contributed by atoms with van der Waals surface area (Å²) in [5.74, 6) is 4.70. The maximum absolute atomic E-state index is 9.76. The van der Waals surface area contributed by atoms with Gasteiger partial charge in [0.1, 0.15) is 11.2 Å². The number of hydrogen-bond acceptors (Lipinski definition) is 2. The van der Waals surface area contributed by atoms with Crippen molar-refractivity contribution in [3.8, 4) is 24.7 Å². The fraction of sp³-hybridized carbons (Fsp3) is 0.543. The first kappa shape index (κ1) is 32.5. The highest BCUT2D eigenvalue weighted by Crippen LogP contribution is 2.41. The summed E-state index contributed by atoms with van der Waals surface area (Å²) in [5, 5.41) is 19.5. The summed E-state index contributed by atoms with van der Waals surface area (Å²) in [6.07, 6.45) is 31.3. The molecule has 2 nitrogen and oxygen atoms in total. The fourth-order valence-corrected chi connectivity index (χ4v) is 5.02. The standard InChI is InChI=1S/C20H28O.C15H22O/c1-7-20(6,21)15-8-10-16(2)12-13-18-17(3)11-9-14-19(18,4)5;1-6-15(5,16)11-9-13-12(2)8-7-10-14(13,3)4/h1,8,10,12-13,15,21H,9,11,14H2,2-6H3;1,9,11,16H,7-8,10H2,2-5H3/b13-12+,15-8+,16-10+;11-9+. The minimum atomic E-state index is -1.18. The zero-order valence-electron chi connectivity index (χ0n) is 24.8. The summed E-state index contributed by atoms with van der Waals surface area (Å²) in [4.78, 5) is 0. The van der Waals surface area contributed by atoms with Crippen molar-refractivity contribution in [2.45, 2.75) is 112 Å². The highest BCUT2D eigenvalue weighted by Gasteiger charge is 2.27. The van der Waals surface area contributed by atoms with Crippen molar-refractivity contribution in [1.29, 1.82) is 0 Å². The van der Waals surface area contributed by atoms with Gasteiger partial charge in [0.2, 0.25) is 0 Å². The van der Waals surface area contributed by atoms with Crippen molar-refractivity contribution in [3.05, 3.63) is 70.4 Å². The third kappa shape index (κ3) is 10.8. The van der Waals surface area contributed by atoms with Crippen LogP contribution in [0.15, 0.2) is 70.4 Å². The van der Waals surface area contributed by atoms with Crippen molar-refractivity contribution < 1.29 is 10.2 Å². The molecular formula is C35H50O2. The maximum atomic E-state index is 9.76. The molecule has 0 spiro atoms. The molecule has 2 atom stereocenters. The second-order valence-corrected chi connectivity index (χ2v) is 12.4. The Morgan fingerprint density at radius 1 is 0.811 bits per heavy atom. The predicted octanol–water partition coefficient (Wildman–Crippen LogP) is 8.41. The van der Waals surface area contributed by atoms with Crippen LogP contribution in [0.1, 0.15) is 101 Å². The van der Waals surface area contributed by atoms with Gasteiger partial charge in [-0.3, -0.25) is 0 Å². The number of aliphatic hydroxyl groups is 2. The molecule has 37 heavy (non-hydrogen) atoms. The van der Waals surface area contributed by atoms with E-state index in [9.17, 15) is 10.2 Å². The van der Waals surface area contributed by atoms with Crippen LogP contribution in [0.3, 0.4) is 0 Å². The van der Waals surface area contributed by atoms with Crippen molar-refractivity contribution in [1.82, 2.24) is 0 Å². The van der Waals surface area contributed by atoms with Gasteiger partial charge >= 0.3 is 0 Å². The van der Waals surface area contributed by atoms with E-state index in [0.717, 1.165) is 12.0 Å². The molecule has 2 rings (SSSR count). The third-order valence-corrected chi connectivity index (χ3v) is 7.54. The van der Waals surface area contributed by atoms with E-state index < -0.39 is 11.2 Å². The smallest absolute Gasteiger partial charge is 0.141 e. The Balaban J connectivity index is 0.000000384. The first-order valence-electron chi connectivity index (χ1n) is 13.5. The molecule has 0 aromatic heterocycles. The monoisotopic (exact) mass is 502 g/mol. The topological polar surface area (TPSA) is 40.5 Å². The molecule has 0 aromatic rings. The van der Waals surface area contributed by atoms with Crippen molar-refractivity contribution in [3.63, 3.8) is 0 Å². The summed E-state index contributed by atoms with van der Waals surface area (Å²) in [7, 11) is 0. The molecule has 0 saturated carbocycles. The molecule has 2 N–H and O–H groups in total. The van der Waals surface area contributed by atoms with Crippen LogP contribution >= 0.6 is 0 Å². The minimum Gasteiger partial charge on any atom is -0.374 e. The van der Waals surface area contributed by atoms with E-state index in [-0.39, 0.29) is 10.8 Å². The van der Waals surface area contributed by atoms with E-state index in [2.05, 4.69) is 72.5 Å². The van der Waals surface area contributed by atoms with Crippen LogP contribution in [0.4, 0.5) is 0 Å². The predicted molar refractivity (Wildman–Crippen MR) is 161 cm³/mol. The molecule has 0 aromatic carbocycles. The zero-order chi connectivity index (χ0) is 28.5. The number of allylic oxidation sites excluding steroid dienone is 10. The number of hydrogen-bond donors (Lipinski definition) is 2. The van der Waals surface area contributed by atoms with Gasteiger partial charge in [-0.05, 0) is 107 Å². The Labute approximate surface area is 228 Å². The van der Waals surface area contributed by atoms with E-state index in [4.69, 9.17) is 12.8 Å². The molecule has 2 aliphatic carbocycles. The van der Waals surface area contributed by atoms with Crippen LogP contribution in [0, 0.1) is 35.5 Å². The SMILES string of the molecule is C#CC(C)(O)/C=C/C1=C(C)CCCC1(C)C.C#CC(C)(O)/C=C/C=C(C)/C=C/C1=C(C)CCCC1(C)C. The van der Waals surface area contributed by atoms with Gasteiger partial charge in [-0.1, -0.05) is 86.6 Å². The van der Waals surface area contributed by atoms with Crippen LogP contribution < -0.4 is 0 Å². The molecule has 0 bridgehead atoms. The first-order chi connectivity index (χ1) is 17.0. The van der Waals surface area contributed by atoms with Crippen molar-refractivity contribution >= 4 is 0 Å². The van der Waals surface area contributed by atoms with E-state index in [1.54, 1.807) is 26.0 Å². The average Bonchev–Trinajstić information content (AvgIpc) is 2.78. The van der Waals surface area contributed by atoms with Gasteiger partial charge < -0.3 is 10.2 Å². The normalized spacial score (nSPS) is 23.3. The molecule has 0 fully saturated rings. The van der Waals surface area contributed by atoms with Gasteiger partial charge in [-0.2, -0.15) is 0 Å². The molecule has 0 radical (unpaired) electrons. The second kappa shape index (κ2) is 13.3. The molecule has 202 valence electrons. The van der Waals surface area contributed by atoms with Gasteiger partial charge in [0.25, 0.3) is 0 Å². The molecule has 0 amide bonds. The van der Waals surface area contributed by atoms with Gasteiger partial charge in [0, 0.05) is 0 Å². The van der Waals surface area contributed by atoms with Crippen molar-refractivity contribution in [2.75, 3.05) is 0 Å². The second-order valence-electron chi connectivity index (χ2n) is 12.4. The Bertz CT molecular complexity index is 1060. The molecule has 2 heteroatoms. The Morgan fingerprint density at radius 2 is 1.24 bits per heavy atom. The Hall–Kier alpha value is -2.52. The molecule has 0 heterocycles. The fourth-order valence-electron chi connectivity index (χ4n) is 5.02. The Kier molecular flexibility index (Phi) is 11.7. The zero-order valence-corrected chi connectivity index (χ0v) is 24.8. The summed E-state index contributed by atoms with van der Waals surface area (Å²) in [6, 6.07) is 0. The Morgan fingerprint density at radius 3 is 1.68 bits per heavy atom. The van der Waals surface area contributed by atoms with Crippen LogP contribution in [0.2, 0.25) is 0 Å². The first-order valence-corrected chi connectivity index (χ1v) is 13.5. The summed E-state index contributed by atoms with van der Waals surface area (Å²) >= 11 is 0.